The first-order valence-corrected chi connectivity index (χ1v) is 9.77. The highest BCUT2D eigenvalue weighted by Crippen LogP contribution is 2.16. The van der Waals surface area contributed by atoms with Crippen LogP contribution in [0.15, 0.2) is 47.5 Å². The monoisotopic (exact) mass is 359 g/mol. The number of unbranched alkanes of at least 4 members (excludes halogenated alkanes) is 1. The molecule has 1 aromatic heterocycles. The lowest BCUT2D eigenvalue weighted by Gasteiger charge is -2.11. The smallest absolute Gasteiger partial charge is 0.191 e. The summed E-state index contributed by atoms with van der Waals surface area (Å²) in [6.45, 7) is 5.40. The Morgan fingerprint density at radius 1 is 1.04 bits per heavy atom. The minimum absolute atomic E-state index is 0.693. The predicted molar refractivity (Wildman–Crippen MR) is 107 cm³/mol. The molecule has 0 amide bonds. The second kappa shape index (κ2) is 11.7. The van der Waals surface area contributed by atoms with Crippen molar-refractivity contribution in [1.29, 1.82) is 0 Å². The fourth-order valence-electron chi connectivity index (χ4n) is 2.40. The molecule has 2 rings (SSSR count). The quantitative estimate of drug-likeness (QED) is 0.383. The van der Waals surface area contributed by atoms with Crippen LogP contribution >= 0.6 is 11.3 Å². The van der Waals surface area contributed by atoms with E-state index in [2.05, 4.69) is 46.8 Å². The van der Waals surface area contributed by atoms with Crippen LogP contribution in [0.3, 0.4) is 0 Å². The Bertz CT molecular complexity index is 625. The standard InChI is InChI=1S/C20H29N3OS/c1-3-18-11-12-19(25-18)15-23-20(21-2)22-13-7-8-14-24-16-17-9-5-4-6-10-17/h4-6,9-12H,3,7-8,13-16H2,1-2H3,(H2,21,22,23). The van der Waals surface area contributed by atoms with Crippen molar-refractivity contribution in [2.45, 2.75) is 39.3 Å². The molecule has 2 aromatic rings. The normalized spacial score (nSPS) is 11.5. The van der Waals surface area contributed by atoms with Gasteiger partial charge in [-0.25, -0.2) is 0 Å². The molecule has 0 atom stereocenters. The van der Waals surface area contributed by atoms with Gasteiger partial charge in [0.25, 0.3) is 0 Å². The number of nitrogens with zero attached hydrogens (tertiary/aromatic N) is 1. The van der Waals surface area contributed by atoms with Crippen LogP contribution in [0, 0.1) is 0 Å². The van der Waals surface area contributed by atoms with E-state index in [-0.39, 0.29) is 0 Å². The third-order valence-electron chi connectivity index (χ3n) is 3.84. The number of aryl methyl sites for hydroxylation is 1. The third-order valence-corrected chi connectivity index (χ3v) is 5.07. The van der Waals surface area contributed by atoms with Gasteiger partial charge in [0, 0.05) is 30.0 Å². The van der Waals surface area contributed by atoms with Gasteiger partial charge in [-0.1, -0.05) is 37.3 Å². The molecule has 0 radical (unpaired) electrons. The zero-order valence-corrected chi connectivity index (χ0v) is 16.1. The Hall–Kier alpha value is -1.85. The molecule has 0 fully saturated rings. The molecular weight excluding hydrogens is 330 g/mol. The van der Waals surface area contributed by atoms with E-state index < -0.39 is 0 Å². The van der Waals surface area contributed by atoms with E-state index in [9.17, 15) is 0 Å². The van der Waals surface area contributed by atoms with Gasteiger partial charge in [-0.05, 0) is 37.0 Å². The van der Waals surface area contributed by atoms with E-state index in [1.54, 1.807) is 0 Å². The summed E-state index contributed by atoms with van der Waals surface area (Å²) in [6, 6.07) is 14.7. The summed E-state index contributed by atoms with van der Waals surface area (Å²) in [6.07, 6.45) is 3.21. The maximum absolute atomic E-state index is 5.70. The van der Waals surface area contributed by atoms with E-state index >= 15 is 0 Å². The molecule has 2 N–H and O–H groups in total. The molecule has 0 saturated heterocycles. The number of ether oxygens (including phenoxy) is 1. The molecule has 0 aliphatic carbocycles. The highest BCUT2D eigenvalue weighted by atomic mass is 32.1. The lowest BCUT2D eigenvalue weighted by atomic mass is 10.2. The number of rotatable bonds is 10. The topological polar surface area (TPSA) is 45.7 Å². The van der Waals surface area contributed by atoms with Crippen molar-refractivity contribution < 1.29 is 4.74 Å². The van der Waals surface area contributed by atoms with Gasteiger partial charge in [-0.15, -0.1) is 11.3 Å². The molecule has 136 valence electrons. The van der Waals surface area contributed by atoms with Gasteiger partial charge < -0.3 is 15.4 Å². The van der Waals surface area contributed by atoms with Crippen LogP contribution in [-0.2, 0) is 24.3 Å². The molecule has 0 aliphatic heterocycles. The molecule has 0 bridgehead atoms. The van der Waals surface area contributed by atoms with E-state index in [1.807, 2.05) is 36.6 Å². The van der Waals surface area contributed by atoms with Gasteiger partial charge in [0.2, 0.25) is 0 Å². The molecule has 4 nitrogen and oxygen atoms in total. The van der Waals surface area contributed by atoms with Crippen molar-refractivity contribution in [2.75, 3.05) is 20.2 Å². The second-order valence-corrected chi connectivity index (χ2v) is 7.07. The Labute approximate surface area is 155 Å². The summed E-state index contributed by atoms with van der Waals surface area (Å²) in [5, 5.41) is 6.72. The fourth-order valence-corrected chi connectivity index (χ4v) is 3.30. The lowest BCUT2D eigenvalue weighted by Crippen LogP contribution is -2.37. The number of hydrogen-bond acceptors (Lipinski definition) is 3. The fraction of sp³-hybridized carbons (Fsp3) is 0.450. The van der Waals surface area contributed by atoms with Crippen molar-refractivity contribution in [3.63, 3.8) is 0 Å². The Kier molecular flexibility index (Phi) is 9.08. The summed E-state index contributed by atoms with van der Waals surface area (Å²) in [5.74, 6) is 0.858. The largest absolute Gasteiger partial charge is 0.377 e. The van der Waals surface area contributed by atoms with Crippen LogP contribution in [-0.4, -0.2) is 26.2 Å². The SMILES string of the molecule is CCc1ccc(CNC(=NC)NCCCCOCc2ccccc2)s1. The summed E-state index contributed by atoms with van der Waals surface area (Å²) in [7, 11) is 1.81. The van der Waals surface area contributed by atoms with E-state index in [0.717, 1.165) is 44.9 Å². The molecule has 0 aliphatic rings. The van der Waals surface area contributed by atoms with Crippen LogP contribution in [0.25, 0.3) is 0 Å². The lowest BCUT2D eigenvalue weighted by molar-refractivity contribution is 0.117. The van der Waals surface area contributed by atoms with Crippen molar-refractivity contribution >= 4 is 17.3 Å². The number of benzene rings is 1. The Morgan fingerprint density at radius 2 is 1.84 bits per heavy atom. The number of hydrogen-bond donors (Lipinski definition) is 2. The minimum Gasteiger partial charge on any atom is -0.377 e. The van der Waals surface area contributed by atoms with E-state index in [1.165, 1.54) is 15.3 Å². The zero-order valence-electron chi connectivity index (χ0n) is 15.3. The average Bonchev–Trinajstić information content (AvgIpc) is 3.12. The summed E-state index contributed by atoms with van der Waals surface area (Å²) < 4.78 is 5.70. The van der Waals surface area contributed by atoms with Crippen LogP contribution in [0.4, 0.5) is 0 Å². The van der Waals surface area contributed by atoms with Crippen LogP contribution < -0.4 is 10.6 Å². The van der Waals surface area contributed by atoms with E-state index in [0.29, 0.717) is 6.61 Å². The van der Waals surface area contributed by atoms with Gasteiger partial charge in [0.15, 0.2) is 5.96 Å². The highest BCUT2D eigenvalue weighted by Gasteiger charge is 2.01. The molecule has 0 spiro atoms. The van der Waals surface area contributed by atoms with Crippen molar-refractivity contribution in [3.05, 3.63) is 57.8 Å². The molecule has 0 unspecified atom stereocenters. The number of guanidine groups is 1. The second-order valence-electron chi connectivity index (χ2n) is 5.82. The Balaban J connectivity index is 1.52. The first-order chi connectivity index (χ1) is 12.3. The third kappa shape index (κ3) is 7.71. The zero-order chi connectivity index (χ0) is 17.7. The molecule has 1 heterocycles. The van der Waals surface area contributed by atoms with Gasteiger partial charge in [0.1, 0.15) is 0 Å². The van der Waals surface area contributed by atoms with Crippen LogP contribution in [0.5, 0.6) is 0 Å². The number of aliphatic imine (C=N–C) groups is 1. The van der Waals surface area contributed by atoms with Gasteiger partial charge in [-0.3, -0.25) is 4.99 Å². The molecule has 0 saturated carbocycles. The van der Waals surface area contributed by atoms with E-state index in [4.69, 9.17) is 4.74 Å². The number of thiophene rings is 1. The predicted octanol–water partition coefficient (Wildman–Crippen LogP) is 3.97. The van der Waals surface area contributed by atoms with Gasteiger partial charge in [-0.2, -0.15) is 0 Å². The van der Waals surface area contributed by atoms with Crippen molar-refractivity contribution in [3.8, 4) is 0 Å². The van der Waals surface area contributed by atoms with Crippen LogP contribution in [0.2, 0.25) is 0 Å². The average molecular weight is 360 g/mol. The molecule has 1 aromatic carbocycles. The minimum atomic E-state index is 0.693. The molecule has 25 heavy (non-hydrogen) atoms. The molecular formula is C20H29N3OS. The van der Waals surface area contributed by atoms with Crippen molar-refractivity contribution in [2.24, 2.45) is 4.99 Å². The van der Waals surface area contributed by atoms with Crippen molar-refractivity contribution in [1.82, 2.24) is 10.6 Å². The summed E-state index contributed by atoms with van der Waals surface area (Å²) in [4.78, 5) is 7.04. The van der Waals surface area contributed by atoms with Gasteiger partial charge >= 0.3 is 0 Å². The number of nitrogens with one attached hydrogen (secondary N) is 2. The molecule has 5 heteroatoms. The first kappa shape index (κ1) is 19.5. The Morgan fingerprint density at radius 3 is 2.56 bits per heavy atom. The summed E-state index contributed by atoms with van der Waals surface area (Å²) >= 11 is 1.86. The maximum Gasteiger partial charge on any atom is 0.191 e. The van der Waals surface area contributed by atoms with Crippen LogP contribution in [0.1, 0.15) is 35.1 Å². The first-order valence-electron chi connectivity index (χ1n) is 8.95. The maximum atomic E-state index is 5.70. The summed E-state index contributed by atoms with van der Waals surface area (Å²) in [5.41, 5.74) is 1.23. The van der Waals surface area contributed by atoms with Gasteiger partial charge in [0.05, 0.1) is 13.2 Å². The highest BCUT2D eigenvalue weighted by molar-refractivity contribution is 7.11.